The molecule has 0 spiro atoms. The van der Waals surface area contributed by atoms with Crippen LogP contribution in [0.3, 0.4) is 0 Å². The normalized spacial score (nSPS) is 11.4. The number of urea groups is 1. The first kappa shape index (κ1) is 25.4. The van der Waals surface area contributed by atoms with Crippen LogP contribution in [0.15, 0.2) is 83.4 Å². The highest BCUT2D eigenvalue weighted by atomic mass is 16.5. The number of nitrogens with zero attached hydrogens (tertiary/aromatic N) is 3. The minimum Gasteiger partial charge on any atom is -0.495 e. The minimum absolute atomic E-state index is 0.109. The highest BCUT2D eigenvalue weighted by molar-refractivity contribution is 5.94. The number of carbonyl (C=O) groups is 2. The molecule has 3 amide bonds. The number of rotatable bonds is 9. The smallest absolute Gasteiger partial charge is 0.321 e. The molecule has 0 radical (unpaired) electrons. The molecule has 0 aliphatic rings. The van der Waals surface area contributed by atoms with E-state index in [1.165, 1.54) is 4.90 Å². The highest BCUT2D eigenvalue weighted by Crippen LogP contribution is 2.23. The van der Waals surface area contributed by atoms with Gasteiger partial charge in [0.25, 0.3) is 11.8 Å². The summed E-state index contributed by atoms with van der Waals surface area (Å²) in [5.41, 5.74) is 2.87. The zero-order chi connectivity index (χ0) is 26.2. The Kier molecular flexibility index (Phi) is 8.15. The summed E-state index contributed by atoms with van der Waals surface area (Å²) >= 11 is 0. The van der Waals surface area contributed by atoms with Crippen molar-refractivity contribution in [2.75, 3.05) is 26.0 Å². The Bertz CT molecular complexity index is 1340. The fourth-order valence-corrected chi connectivity index (χ4v) is 3.67. The maximum Gasteiger partial charge on any atom is 0.321 e. The molecule has 0 aliphatic carbocycles. The summed E-state index contributed by atoms with van der Waals surface area (Å²) < 4.78 is 10.7. The lowest BCUT2D eigenvalue weighted by molar-refractivity contribution is 0.0940. The van der Waals surface area contributed by atoms with Gasteiger partial charge >= 0.3 is 6.03 Å². The van der Waals surface area contributed by atoms with Crippen molar-refractivity contribution in [2.45, 2.75) is 19.4 Å². The van der Waals surface area contributed by atoms with Crippen LogP contribution in [0.1, 0.15) is 34.7 Å². The lowest BCUT2D eigenvalue weighted by atomic mass is 10.1. The molecule has 1 aromatic heterocycles. The Morgan fingerprint density at radius 2 is 1.70 bits per heavy atom. The molecule has 0 bridgehead atoms. The monoisotopic (exact) mass is 499 g/mol. The number of likely N-dealkylation sites (N-methyl/N-ethyl adjacent to an activating group) is 1. The van der Waals surface area contributed by atoms with Gasteiger partial charge in [0, 0.05) is 31.1 Å². The lowest BCUT2D eigenvalue weighted by Gasteiger charge is -2.18. The number of methoxy groups -OCH3 is 1. The number of anilines is 1. The number of hydrogen-bond acceptors (Lipinski definition) is 6. The van der Waals surface area contributed by atoms with Gasteiger partial charge in [-0.2, -0.15) is 4.98 Å². The summed E-state index contributed by atoms with van der Waals surface area (Å²) in [4.78, 5) is 31.1. The number of para-hydroxylation sites is 2. The Morgan fingerprint density at radius 3 is 2.43 bits per heavy atom. The number of nitrogens with one attached hydrogen (secondary N) is 2. The van der Waals surface area contributed by atoms with Crippen LogP contribution < -0.4 is 15.4 Å². The Labute approximate surface area is 215 Å². The van der Waals surface area contributed by atoms with E-state index in [0.717, 1.165) is 5.56 Å². The molecule has 190 valence electrons. The zero-order valence-corrected chi connectivity index (χ0v) is 21.0. The quantitative estimate of drug-likeness (QED) is 0.338. The van der Waals surface area contributed by atoms with Crippen molar-refractivity contribution < 1.29 is 18.8 Å². The van der Waals surface area contributed by atoms with Gasteiger partial charge in [0.05, 0.1) is 18.8 Å². The average Bonchev–Trinajstić information content (AvgIpc) is 3.41. The van der Waals surface area contributed by atoms with E-state index in [0.29, 0.717) is 47.2 Å². The molecule has 1 atom stereocenters. The van der Waals surface area contributed by atoms with Crippen molar-refractivity contribution in [3.63, 3.8) is 0 Å². The van der Waals surface area contributed by atoms with Crippen LogP contribution in [0.2, 0.25) is 0 Å². The molecule has 0 saturated heterocycles. The van der Waals surface area contributed by atoms with Crippen LogP contribution >= 0.6 is 0 Å². The molecule has 0 unspecified atom stereocenters. The summed E-state index contributed by atoms with van der Waals surface area (Å²) in [7, 11) is 3.24. The summed E-state index contributed by atoms with van der Waals surface area (Å²) in [6.07, 6.45) is 0.414. The molecule has 0 fully saturated rings. The molecule has 9 heteroatoms. The summed E-state index contributed by atoms with van der Waals surface area (Å²) in [6.45, 7) is 2.33. The van der Waals surface area contributed by atoms with Crippen LogP contribution in [0, 0.1) is 0 Å². The second-order valence-corrected chi connectivity index (χ2v) is 8.50. The van der Waals surface area contributed by atoms with Crippen LogP contribution in [-0.2, 0) is 6.42 Å². The van der Waals surface area contributed by atoms with Gasteiger partial charge in [0.1, 0.15) is 5.75 Å². The molecule has 0 aliphatic heterocycles. The Morgan fingerprint density at radius 1 is 1.00 bits per heavy atom. The van der Waals surface area contributed by atoms with E-state index in [-0.39, 0.29) is 18.0 Å². The first-order chi connectivity index (χ1) is 17.9. The molecule has 2 N–H and O–H groups in total. The van der Waals surface area contributed by atoms with E-state index >= 15 is 0 Å². The Hall–Kier alpha value is -4.66. The predicted molar refractivity (Wildman–Crippen MR) is 140 cm³/mol. The fourth-order valence-electron chi connectivity index (χ4n) is 3.67. The lowest BCUT2D eigenvalue weighted by Crippen LogP contribution is -2.33. The molecule has 37 heavy (non-hydrogen) atoms. The molecule has 0 saturated carbocycles. The minimum atomic E-state index is -0.274. The SMILES string of the molecule is COc1ccccc1NC(=O)N(C)CCc1noc(-c2ccc(C(=O)N[C@H](C)c3ccccc3)cc2)n1. The van der Waals surface area contributed by atoms with Crippen molar-refractivity contribution >= 4 is 17.6 Å². The number of ether oxygens (including phenoxy) is 1. The zero-order valence-electron chi connectivity index (χ0n) is 21.0. The average molecular weight is 500 g/mol. The molecule has 4 aromatic rings. The first-order valence-electron chi connectivity index (χ1n) is 11.9. The third-order valence-electron chi connectivity index (χ3n) is 5.88. The second kappa shape index (κ2) is 11.9. The van der Waals surface area contributed by atoms with Gasteiger partial charge in [0.2, 0.25) is 0 Å². The maximum absolute atomic E-state index is 12.6. The van der Waals surface area contributed by atoms with E-state index in [1.807, 2.05) is 49.4 Å². The predicted octanol–water partition coefficient (Wildman–Crippen LogP) is 4.94. The number of amides is 3. The van der Waals surface area contributed by atoms with E-state index in [1.54, 1.807) is 50.6 Å². The van der Waals surface area contributed by atoms with E-state index in [2.05, 4.69) is 20.8 Å². The van der Waals surface area contributed by atoms with Gasteiger partial charge in [-0.25, -0.2) is 4.79 Å². The standard InChI is InChI=1S/C28H29N5O4/c1-19(20-9-5-4-6-10-20)29-26(34)21-13-15-22(16-14-21)27-31-25(32-37-27)17-18-33(2)28(35)30-23-11-7-8-12-24(23)36-3/h4-16,19H,17-18H2,1-3H3,(H,29,34)(H,30,35)/t19-/m1/s1. The van der Waals surface area contributed by atoms with E-state index < -0.39 is 0 Å². The van der Waals surface area contributed by atoms with E-state index in [9.17, 15) is 9.59 Å². The largest absolute Gasteiger partial charge is 0.495 e. The maximum atomic E-state index is 12.6. The number of aromatic nitrogens is 2. The second-order valence-electron chi connectivity index (χ2n) is 8.50. The van der Waals surface area contributed by atoms with Crippen LogP contribution in [0.25, 0.3) is 11.5 Å². The highest BCUT2D eigenvalue weighted by Gasteiger charge is 2.15. The molecule has 3 aromatic carbocycles. The van der Waals surface area contributed by atoms with Gasteiger partial charge in [-0.1, -0.05) is 47.6 Å². The Balaban J connectivity index is 1.30. The summed E-state index contributed by atoms with van der Waals surface area (Å²) in [5.74, 6) is 1.25. The molecule has 4 rings (SSSR count). The van der Waals surface area contributed by atoms with Crippen molar-refractivity contribution in [3.8, 4) is 17.2 Å². The van der Waals surface area contributed by atoms with Crippen molar-refractivity contribution in [1.82, 2.24) is 20.4 Å². The van der Waals surface area contributed by atoms with Gasteiger partial charge < -0.3 is 24.8 Å². The topological polar surface area (TPSA) is 110 Å². The van der Waals surface area contributed by atoms with E-state index in [4.69, 9.17) is 9.26 Å². The third-order valence-corrected chi connectivity index (χ3v) is 5.88. The number of benzene rings is 3. The summed E-state index contributed by atoms with van der Waals surface area (Å²) in [5, 5.41) is 9.85. The van der Waals surface area contributed by atoms with Crippen LogP contribution in [-0.4, -0.2) is 47.7 Å². The molecule has 9 nitrogen and oxygen atoms in total. The fraction of sp³-hybridized carbons (Fsp3) is 0.214. The van der Waals surface area contributed by atoms with Gasteiger partial charge in [0.15, 0.2) is 5.82 Å². The van der Waals surface area contributed by atoms with Gasteiger partial charge in [-0.15, -0.1) is 0 Å². The first-order valence-corrected chi connectivity index (χ1v) is 11.9. The molecular weight excluding hydrogens is 470 g/mol. The van der Waals surface area contributed by atoms with Crippen molar-refractivity contribution in [1.29, 1.82) is 0 Å². The molecule has 1 heterocycles. The van der Waals surface area contributed by atoms with Crippen molar-refractivity contribution in [2.24, 2.45) is 0 Å². The van der Waals surface area contributed by atoms with Gasteiger partial charge in [-0.3, -0.25) is 4.79 Å². The van der Waals surface area contributed by atoms with Crippen molar-refractivity contribution in [3.05, 3.63) is 95.8 Å². The van der Waals surface area contributed by atoms with Crippen LogP contribution in [0.4, 0.5) is 10.5 Å². The van der Waals surface area contributed by atoms with Gasteiger partial charge in [-0.05, 0) is 48.9 Å². The third kappa shape index (κ3) is 6.52. The van der Waals surface area contributed by atoms with Crippen LogP contribution in [0.5, 0.6) is 5.75 Å². The molecular formula is C28H29N5O4. The number of carbonyl (C=O) groups excluding carboxylic acids is 2. The number of hydrogen-bond donors (Lipinski definition) is 2. The summed E-state index contributed by atoms with van der Waals surface area (Å²) in [6, 6.07) is 23.6.